The Bertz CT molecular complexity index is 624. The number of piperidine rings is 1. The van der Waals surface area contributed by atoms with Crippen molar-refractivity contribution < 1.29 is 14.3 Å². The first-order valence-corrected chi connectivity index (χ1v) is 8.05. The highest BCUT2D eigenvalue weighted by Gasteiger charge is 2.75. The number of amides is 2. The van der Waals surface area contributed by atoms with Crippen molar-refractivity contribution in [1.82, 2.24) is 5.32 Å². The Morgan fingerprint density at radius 2 is 1.82 bits per heavy atom. The van der Waals surface area contributed by atoms with Gasteiger partial charge in [0.25, 0.3) is 0 Å². The van der Waals surface area contributed by atoms with Gasteiger partial charge in [-0.1, -0.05) is 29.3 Å². The van der Waals surface area contributed by atoms with Crippen LogP contribution in [-0.2, 0) is 19.7 Å². The van der Waals surface area contributed by atoms with Crippen LogP contribution in [0.3, 0.4) is 0 Å². The molecule has 1 aliphatic heterocycles. The fraction of sp³-hybridized carbons (Fsp3) is 0.500. The molecule has 1 aliphatic carbocycles. The van der Waals surface area contributed by atoms with E-state index in [2.05, 4.69) is 5.32 Å². The van der Waals surface area contributed by atoms with E-state index < -0.39 is 5.41 Å². The number of imide groups is 1. The van der Waals surface area contributed by atoms with Crippen LogP contribution in [0.5, 0.6) is 0 Å². The maximum absolute atomic E-state index is 12.0. The summed E-state index contributed by atoms with van der Waals surface area (Å²) in [4.78, 5) is 24.1. The van der Waals surface area contributed by atoms with Crippen molar-refractivity contribution in [2.45, 2.75) is 31.8 Å². The van der Waals surface area contributed by atoms with Gasteiger partial charge in [-0.25, -0.2) is 0 Å². The number of hydrogen-bond donors (Lipinski definition) is 1. The van der Waals surface area contributed by atoms with Crippen molar-refractivity contribution in [1.29, 1.82) is 0 Å². The van der Waals surface area contributed by atoms with Crippen molar-refractivity contribution in [3.05, 3.63) is 33.8 Å². The first-order valence-electron chi connectivity index (χ1n) is 7.29. The standard InChI is InChI=1S/C16H17Cl2NO3/c1-8(2)22-6-5-16(9-3-4-10(17)11(18)7-9)12-13(16)15(21)19-14(12)20/h3-4,7-8,12-13H,5-6H2,1-2H3,(H,19,20,21)/t12-,13+,16?. The molecule has 2 amide bonds. The quantitative estimate of drug-likeness (QED) is 0.837. The highest BCUT2D eigenvalue weighted by molar-refractivity contribution is 6.42. The molecule has 4 nitrogen and oxygen atoms in total. The Hall–Kier alpha value is -1.10. The van der Waals surface area contributed by atoms with Gasteiger partial charge in [-0.05, 0) is 38.0 Å². The molecule has 1 heterocycles. The normalized spacial score (nSPS) is 29.7. The topological polar surface area (TPSA) is 55.4 Å². The Morgan fingerprint density at radius 1 is 1.18 bits per heavy atom. The molecule has 0 spiro atoms. The summed E-state index contributed by atoms with van der Waals surface area (Å²) in [6.07, 6.45) is 0.714. The molecule has 0 radical (unpaired) electrons. The maximum Gasteiger partial charge on any atom is 0.231 e. The summed E-state index contributed by atoms with van der Waals surface area (Å²) in [5, 5.41) is 3.28. The predicted molar refractivity (Wildman–Crippen MR) is 84.0 cm³/mol. The van der Waals surface area contributed by atoms with Crippen LogP contribution in [0.15, 0.2) is 18.2 Å². The van der Waals surface area contributed by atoms with E-state index in [4.69, 9.17) is 27.9 Å². The Morgan fingerprint density at radius 3 is 2.36 bits per heavy atom. The number of hydrogen-bond acceptors (Lipinski definition) is 3. The number of rotatable bonds is 5. The highest BCUT2D eigenvalue weighted by atomic mass is 35.5. The first kappa shape index (κ1) is 15.8. The second kappa shape index (κ2) is 5.52. The fourth-order valence-electron chi connectivity index (χ4n) is 3.55. The van der Waals surface area contributed by atoms with Gasteiger partial charge in [0.05, 0.1) is 28.0 Å². The lowest BCUT2D eigenvalue weighted by atomic mass is 9.87. The van der Waals surface area contributed by atoms with Gasteiger partial charge in [0.2, 0.25) is 11.8 Å². The van der Waals surface area contributed by atoms with E-state index in [0.29, 0.717) is 23.1 Å². The van der Waals surface area contributed by atoms with Gasteiger partial charge >= 0.3 is 0 Å². The molecule has 1 aromatic rings. The molecule has 0 aromatic heterocycles. The second-order valence-corrected chi connectivity index (χ2v) is 6.96. The number of benzene rings is 1. The van der Waals surface area contributed by atoms with E-state index in [1.165, 1.54) is 0 Å². The Labute approximate surface area is 139 Å². The molecule has 118 valence electrons. The van der Waals surface area contributed by atoms with Crippen molar-refractivity contribution in [3.8, 4) is 0 Å². The van der Waals surface area contributed by atoms with Gasteiger partial charge in [0.1, 0.15) is 0 Å². The zero-order chi connectivity index (χ0) is 16.1. The lowest BCUT2D eigenvalue weighted by Gasteiger charge is -2.22. The molecular formula is C16H17Cl2NO3. The summed E-state index contributed by atoms with van der Waals surface area (Å²) in [6, 6.07) is 5.32. The average Bonchev–Trinajstić information content (AvgIpc) is 3.01. The number of nitrogens with one attached hydrogen (secondary N) is 1. The van der Waals surface area contributed by atoms with Gasteiger partial charge in [0, 0.05) is 12.0 Å². The molecule has 1 unspecified atom stereocenters. The molecule has 2 fully saturated rings. The third kappa shape index (κ3) is 2.34. The first-order chi connectivity index (χ1) is 10.4. The maximum atomic E-state index is 12.0. The number of fused-ring (bicyclic) bond motifs is 1. The van der Waals surface area contributed by atoms with Crippen LogP contribution >= 0.6 is 23.2 Å². The van der Waals surface area contributed by atoms with Crippen LogP contribution in [0.2, 0.25) is 10.0 Å². The summed E-state index contributed by atoms with van der Waals surface area (Å²) in [5.74, 6) is -1.06. The van der Waals surface area contributed by atoms with Crippen molar-refractivity contribution in [2.75, 3.05) is 6.61 Å². The monoisotopic (exact) mass is 341 g/mol. The minimum Gasteiger partial charge on any atom is -0.379 e. The van der Waals surface area contributed by atoms with Crippen LogP contribution in [-0.4, -0.2) is 24.5 Å². The van der Waals surface area contributed by atoms with Gasteiger partial charge < -0.3 is 4.74 Å². The van der Waals surface area contributed by atoms with Crippen LogP contribution < -0.4 is 5.32 Å². The molecule has 1 saturated heterocycles. The number of halogens is 2. The van der Waals surface area contributed by atoms with E-state index >= 15 is 0 Å². The van der Waals surface area contributed by atoms with Crippen molar-refractivity contribution in [3.63, 3.8) is 0 Å². The lowest BCUT2D eigenvalue weighted by Crippen LogP contribution is -2.34. The van der Waals surface area contributed by atoms with Gasteiger partial charge in [-0.15, -0.1) is 0 Å². The predicted octanol–water partition coefficient (Wildman–Crippen LogP) is 2.95. The summed E-state index contributed by atoms with van der Waals surface area (Å²) < 4.78 is 5.63. The molecule has 3 rings (SSSR count). The van der Waals surface area contributed by atoms with Gasteiger partial charge in [0.15, 0.2) is 0 Å². The molecule has 1 aromatic carbocycles. The molecule has 6 heteroatoms. The molecule has 3 atom stereocenters. The van der Waals surface area contributed by atoms with Gasteiger partial charge in [-0.3, -0.25) is 14.9 Å². The molecule has 2 aliphatic rings. The van der Waals surface area contributed by atoms with E-state index in [9.17, 15) is 9.59 Å². The van der Waals surface area contributed by atoms with Gasteiger partial charge in [-0.2, -0.15) is 0 Å². The van der Waals surface area contributed by atoms with Crippen molar-refractivity contribution >= 4 is 35.0 Å². The van der Waals surface area contributed by atoms with Crippen LogP contribution in [0.4, 0.5) is 0 Å². The third-order valence-corrected chi connectivity index (χ3v) is 5.31. The molecule has 1 saturated carbocycles. The highest BCUT2D eigenvalue weighted by Crippen LogP contribution is 2.65. The van der Waals surface area contributed by atoms with Crippen LogP contribution in [0.1, 0.15) is 25.8 Å². The second-order valence-electron chi connectivity index (χ2n) is 6.15. The van der Waals surface area contributed by atoms with Crippen molar-refractivity contribution in [2.24, 2.45) is 11.8 Å². The van der Waals surface area contributed by atoms with Crippen LogP contribution in [0, 0.1) is 11.8 Å². The summed E-state index contributed by atoms with van der Waals surface area (Å²) in [7, 11) is 0. The van der Waals surface area contributed by atoms with E-state index in [-0.39, 0.29) is 29.8 Å². The SMILES string of the molecule is CC(C)OCCC1(c2ccc(Cl)c(Cl)c2)[C@@H]2C(=O)NC(=O)[C@@H]21. The zero-order valence-corrected chi connectivity index (χ0v) is 13.9. The zero-order valence-electron chi connectivity index (χ0n) is 12.4. The molecule has 1 N–H and O–H groups in total. The minimum atomic E-state index is -0.511. The molecule has 0 bridgehead atoms. The van der Waals surface area contributed by atoms with E-state index in [1.807, 2.05) is 19.9 Å². The average molecular weight is 342 g/mol. The summed E-state index contributed by atoms with van der Waals surface area (Å²) in [6.45, 7) is 4.40. The molecular weight excluding hydrogens is 325 g/mol. The number of carbonyl (C=O) groups excluding carboxylic acids is 2. The number of carbonyl (C=O) groups is 2. The summed E-state index contributed by atoms with van der Waals surface area (Å²) >= 11 is 12.1. The lowest BCUT2D eigenvalue weighted by molar-refractivity contribution is -0.128. The van der Waals surface area contributed by atoms with E-state index in [0.717, 1.165) is 5.56 Å². The smallest absolute Gasteiger partial charge is 0.231 e. The Balaban J connectivity index is 1.93. The largest absolute Gasteiger partial charge is 0.379 e. The minimum absolute atomic E-state index is 0.106. The van der Waals surface area contributed by atoms with Crippen LogP contribution in [0.25, 0.3) is 0 Å². The third-order valence-electron chi connectivity index (χ3n) is 4.57. The van der Waals surface area contributed by atoms with E-state index in [1.54, 1.807) is 12.1 Å². The fourth-order valence-corrected chi connectivity index (χ4v) is 3.85. The Kier molecular flexibility index (Phi) is 3.96. The molecule has 22 heavy (non-hydrogen) atoms. The summed E-state index contributed by atoms with van der Waals surface area (Å²) in [5.41, 5.74) is 0.371. The number of ether oxygens (including phenoxy) is 1.